The Morgan fingerprint density at radius 2 is 2.00 bits per heavy atom. The fourth-order valence-electron chi connectivity index (χ4n) is 1.74. The average Bonchev–Trinajstić information content (AvgIpc) is 2.37. The minimum atomic E-state index is -0.974. The molecule has 19 heavy (non-hydrogen) atoms. The van der Waals surface area contributed by atoms with E-state index in [0.29, 0.717) is 16.9 Å². The van der Waals surface area contributed by atoms with E-state index in [1.54, 1.807) is 37.3 Å². The molecule has 0 unspecified atom stereocenters. The number of ether oxygens (including phenoxy) is 1. The zero-order valence-electron chi connectivity index (χ0n) is 10.4. The minimum absolute atomic E-state index is 0.110. The highest BCUT2D eigenvalue weighted by Gasteiger charge is 2.08. The molecule has 1 N–H and O–H groups in total. The minimum Gasteiger partial charge on any atom is -0.489 e. The molecule has 0 aliphatic carbocycles. The van der Waals surface area contributed by atoms with Gasteiger partial charge in [-0.2, -0.15) is 0 Å². The fraction of sp³-hybridized carbons (Fsp3) is 0.133. The predicted molar refractivity (Wildman–Crippen MR) is 68.9 cm³/mol. The molecular formula is C15H13FO3. The van der Waals surface area contributed by atoms with Crippen LogP contribution in [0.1, 0.15) is 21.5 Å². The average molecular weight is 260 g/mol. The number of aromatic carboxylic acids is 1. The topological polar surface area (TPSA) is 46.5 Å². The highest BCUT2D eigenvalue weighted by Crippen LogP contribution is 2.19. The van der Waals surface area contributed by atoms with Crippen LogP contribution in [0.3, 0.4) is 0 Å². The normalized spacial score (nSPS) is 10.2. The van der Waals surface area contributed by atoms with Gasteiger partial charge in [-0.25, -0.2) is 9.18 Å². The maximum atomic E-state index is 13.4. The Morgan fingerprint density at radius 1 is 1.26 bits per heavy atom. The largest absolute Gasteiger partial charge is 0.489 e. The van der Waals surface area contributed by atoms with Gasteiger partial charge < -0.3 is 9.84 Å². The molecule has 2 aromatic carbocycles. The Labute approximate surface area is 110 Å². The molecule has 4 heteroatoms. The van der Waals surface area contributed by atoms with Gasteiger partial charge >= 0.3 is 5.97 Å². The lowest BCUT2D eigenvalue weighted by atomic mass is 10.1. The van der Waals surface area contributed by atoms with Gasteiger partial charge in [0.05, 0.1) is 5.56 Å². The van der Waals surface area contributed by atoms with Gasteiger partial charge in [0.1, 0.15) is 18.2 Å². The molecule has 0 bridgehead atoms. The van der Waals surface area contributed by atoms with Crippen molar-refractivity contribution < 1.29 is 19.0 Å². The molecular weight excluding hydrogens is 247 g/mol. The summed E-state index contributed by atoms with van der Waals surface area (Å²) in [6, 6.07) is 11.0. The second kappa shape index (κ2) is 5.52. The van der Waals surface area contributed by atoms with Crippen LogP contribution in [-0.4, -0.2) is 11.1 Å². The number of hydrogen-bond acceptors (Lipinski definition) is 2. The maximum absolute atomic E-state index is 13.4. The molecule has 2 aromatic rings. The summed E-state index contributed by atoms with van der Waals surface area (Å²) in [7, 11) is 0. The van der Waals surface area contributed by atoms with Crippen LogP contribution in [0.5, 0.6) is 5.75 Å². The van der Waals surface area contributed by atoms with Crippen LogP contribution in [-0.2, 0) is 6.61 Å². The Bertz CT molecular complexity index is 608. The first kappa shape index (κ1) is 13.1. The van der Waals surface area contributed by atoms with E-state index in [1.165, 1.54) is 12.1 Å². The molecule has 98 valence electrons. The van der Waals surface area contributed by atoms with Crippen molar-refractivity contribution in [2.75, 3.05) is 0 Å². The van der Waals surface area contributed by atoms with E-state index in [0.717, 1.165) is 0 Å². The lowest BCUT2D eigenvalue weighted by Crippen LogP contribution is -2.02. The Balaban J connectivity index is 2.11. The first-order valence-electron chi connectivity index (χ1n) is 5.78. The van der Waals surface area contributed by atoms with Gasteiger partial charge in [-0.05, 0) is 36.8 Å². The molecule has 0 aromatic heterocycles. The number of aryl methyl sites for hydroxylation is 1. The van der Waals surface area contributed by atoms with Crippen LogP contribution in [0.15, 0.2) is 42.5 Å². The number of carbonyl (C=O) groups is 1. The standard InChI is InChI=1S/C15H13FO3/c1-10-8-12(6-7-13(10)15(17)18)19-9-11-4-2-3-5-14(11)16/h2-8H,9H2,1H3,(H,17,18). The second-order valence-electron chi connectivity index (χ2n) is 4.16. The summed E-state index contributed by atoms with van der Waals surface area (Å²) in [5.41, 5.74) is 1.30. The maximum Gasteiger partial charge on any atom is 0.335 e. The summed E-state index contributed by atoms with van der Waals surface area (Å²) >= 11 is 0. The quantitative estimate of drug-likeness (QED) is 0.916. The van der Waals surface area contributed by atoms with E-state index in [2.05, 4.69) is 0 Å². The van der Waals surface area contributed by atoms with E-state index in [9.17, 15) is 9.18 Å². The Morgan fingerprint density at radius 3 is 2.63 bits per heavy atom. The SMILES string of the molecule is Cc1cc(OCc2ccccc2F)ccc1C(=O)O. The Kier molecular flexibility index (Phi) is 3.80. The summed E-state index contributed by atoms with van der Waals surface area (Å²) < 4.78 is 18.8. The van der Waals surface area contributed by atoms with Crippen molar-refractivity contribution in [3.8, 4) is 5.75 Å². The molecule has 0 saturated heterocycles. The molecule has 0 atom stereocenters. The highest BCUT2D eigenvalue weighted by atomic mass is 19.1. The zero-order chi connectivity index (χ0) is 13.8. The van der Waals surface area contributed by atoms with Crippen molar-refractivity contribution in [3.63, 3.8) is 0 Å². The second-order valence-corrected chi connectivity index (χ2v) is 4.16. The third-order valence-electron chi connectivity index (χ3n) is 2.78. The molecule has 2 rings (SSSR count). The highest BCUT2D eigenvalue weighted by molar-refractivity contribution is 5.89. The molecule has 0 spiro atoms. The van der Waals surface area contributed by atoms with Crippen LogP contribution >= 0.6 is 0 Å². The molecule has 0 amide bonds. The van der Waals surface area contributed by atoms with Gasteiger partial charge in [0.2, 0.25) is 0 Å². The summed E-state index contributed by atoms with van der Waals surface area (Å²) in [5.74, 6) is -0.773. The summed E-state index contributed by atoms with van der Waals surface area (Å²) in [4.78, 5) is 10.9. The van der Waals surface area contributed by atoms with Crippen molar-refractivity contribution >= 4 is 5.97 Å². The third-order valence-corrected chi connectivity index (χ3v) is 2.78. The molecule has 0 saturated carbocycles. The van der Waals surface area contributed by atoms with Gasteiger partial charge in [0.15, 0.2) is 0 Å². The number of benzene rings is 2. The lowest BCUT2D eigenvalue weighted by molar-refractivity contribution is 0.0696. The lowest BCUT2D eigenvalue weighted by Gasteiger charge is -2.09. The number of carboxylic acids is 1. The molecule has 3 nitrogen and oxygen atoms in total. The van der Waals surface area contributed by atoms with Crippen molar-refractivity contribution in [2.45, 2.75) is 13.5 Å². The van der Waals surface area contributed by atoms with Crippen LogP contribution in [0.25, 0.3) is 0 Å². The first-order chi connectivity index (χ1) is 9.08. The van der Waals surface area contributed by atoms with Crippen LogP contribution in [0.4, 0.5) is 4.39 Å². The molecule has 0 heterocycles. The predicted octanol–water partition coefficient (Wildman–Crippen LogP) is 3.41. The van der Waals surface area contributed by atoms with Gasteiger partial charge in [0, 0.05) is 5.56 Å². The monoisotopic (exact) mass is 260 g/mol. The van der Waals surface area contributed by atoms with Crippen LogP contribution in [0, 0.1) is 12.7 Å². The van der Waals surface area contributed by atoms with Gasteiger partial charge in [-0.15, -0.1) is 0 Å². The molecule has 0 aliphatic rings. The number of rotatable bonds is 4. The molecule has 0 aliphatic heterocycles. The van der Waals surface area contributed by atoms with Crippen LogP contribution < -0.4 is 4.74 Å². The summed E-state index contributed by atoms with van der Waals surface area (Å²) in [6.07, 6.45) is 0. The zero-order valence-corrected chi connectivity index (χ0v) is 10.4. The summed E-state index contributed by atoms with van der Waals surface area (Å²) in [5, 5.41) is 8.91. The van der Waals surface area contributed by atoms with E-state index in [4.69, 9.17) is 9.84 Å². The van der Waals surface area contributed by atoms with Crippen molar-refractivity contribution in [3.05, 3.63) is 65.0 Å². The van der Waals surface area contributed by atoms with Crippen molar-refractivity contribution in [2.24, 2.45) is 0 Å². The molecule has 0 fully saturated rings. The van der Waals surface area contributed by atoms with E-state index in [1.807, 2.05) is 0 Å². The smallest absolute Gasteiger partial charge is 0.335 e. The van der Waals surface area contributed by atoms with Gasteiger partial charge in [-0.1, -0.05) is 18.2 Å². The van der Waals surface area contributed by atoms with Crippen molar-refractivity contribution in [1.82, 2.24) is 0 Å². The van der Waals surface area contributed by atoms with E-state index < -0.39 is 5.97 Å². The van der Waals surface area contributed by atoms with E-state index >= 15 is 0 Å². The number of hydrogen-bond donors (Lipinski definition) is 1. The van der Waals surface area contributed by atoms with Gasteiger partial charge in [-0.3, -0.25) is 0 Å². The summed E-state index contributed by atoms with van der Waals surface area (Å²) in [6.45, 7) is 1.80. The molecule has 0 radical (unpaired) electrons. The number of carboxylic acid groups (broad SMARTS) is 1. The van der Waals surface area contributed by atoms with Crippen molar-refractivity contribution in [1.29, 1.82) is 0 Å². The van der Waals surface area contributed by atoms with Gasteiger partial charge in [0.25, 0.3) is 0 Å². The number of halogens is 1. The van der Waals surface area contributed by atoms with Crippen LogP contribution in [0.2, 0.25) is 0 Å². The fourth-order valence-corrected chi connectivity index (χ4v) is 1.74. The third kappa shape index (κ3) is 3.10. The van der Waals surface area contributed by atoms with E-state index in [-0.39, 0.29) is 18.0 Å². The first-order valence-corrected chi connectivity index (χ1v) is 5.78. The Hall–Kier alpha value is -2.36.